The maximum atomic E-state index is 9.31. The highest BCUT2D eigenvalue weighted by Crippen LogP contribution is 2.18. The lowest BCUT2D eigenvalue weighted by Crippen LogP contribution is -2.01. The summed E-state index contributed by atoms with van der Waals surface area (Å²) in [5.74, 6) is 0. The minimum atomic E-state index is -0.508. The highest BCUT2D eigenvalue weighted by atomic mass is 32.1. The van der Waals surface area contributed by atoms with Gasteiger partial charge in [-0.1, -0.05) is 0 Å². The molecule has 0 aromatic carbocycles. The molecule has 80 valence electrons. The van der Waals surface area contributed by atoms with Crippen LogP contribution in [0.15, 0.2) is 17.8 Å². The van der Waals surface area contributed by atoms with Crippen LogP contribution < -0.4 is 5.73 Å². The van der Waals surface area contributed by atoms with E-state index in [1.54, 1.807) is 24.0 Å². The fraction of sp³-hybridized carbons (Fsp3) is 0.333. The van der Waals surface area contributed by atoms with Gasteiger partial charge in [0.2, 0.25) is 0 Å². The van der Waals surface area contributed by atoms with E-state index in [1.807, 2.05) is 5.38 Å². The van der Waals surface area contributed by atoms with Crippen molar-refractivity contribution >= 4 is 17.0 Å². The third-order valence-corrected chi connectivity index (χ3v) is 2.97. The Bertz CT molecular complexity index is 448. The van der Waals surface area contributed by atoms with Crippen LogP contribution >= 0.6 is 11.3 Å². The zero-order valence-electron chi connectivity index (χ0n) is 8.29. The lowest BCUT2D eigenvalue weighted by atomic mass is 10.4. The van der Waals surface area contributed by atoms with E-state index in [2.05, 4.69) is 10.1 Å². The minimum Gasteiger partial charge on any atom is -0.396 e. The van der Waals surface area contributed by atoms with Crippen LogP contribution in [0.5, 0.6) is 0 Å². The molecule has 15 heavy (non-hydrogen) atoms. The second kappa shape index (κ2) is 4.00. The average molecular weight is 224 g/mol. The smallest absolute Gasteiger partial charge is 0.121 e. The van der Waals surface area contributed by atoms with E-state index in [-0.39, 0.29) is 0 Å². The number of nitrogen functional groups attached to an aromatic ring is 1. The van der Waals surface area contributed by atoms with Crippen molar-refractivity contribution in [1.82, 2.24) is 14.8 Å². The first-order chi connectivity index (χ1) is 7.15. The zero-order chi connectivity index (χ0) is 10.8. The standard InChI is InChI=1S/C9H12N4OS/c1-6(14)9-12-8(5-15-9)4-13-3-7(10)2-11-13/h2-3,5-6,14H,4,10H2,1H3. The Labute approximate surface area is 91.2 Å². The molecule has 0 spiro atoms. The van der Waals surface area contributed by atoms with E-state index in [9.17, 15) is 5.11 Å². The summed E-state index contributed by atoms with van der Waals surface area (Å²) in [5, 5.41) is 16.0. The van der Waals surface area contributed by atoms with Crippen molar-refractivity contribution in [1.29, 1.82) is 0 Å². The van der Waals surface area contributed by atoms with E-state index in [1.165, 1.54) is 11.3 Å². The van der Waals surface area contributed by atoms with Crippen molar-refractivity contribution in [3.8, 4) is 0 Å². The van der Waals surface area contributed by atoms with Crippen LogP contribution in [0.25, 0.3) is 0 Å². The highest BCUT2D eigenvalue weighted by Gasteiger charge is 2.07. The predicted octanol–water partition coefficient (Wildman–Crippen LogP) is 1.02. The molecular weight excluding hydrogens is 212 g/mol. The number of thiazole rings is 1. The monoisotopic (exact) mass is 224 g/mol. The minimum absolute atomic E-state index is 0.508. The second-order valence-corrected chi connectivity index (χ2v) is 4.21. The van der Waals surface area contributed by atoms with E-state index >= 15 is 0 Å². The van der Waals surface area contributed by atoms with Gasteiger partial charge in [-0.15, -0.1) is 11.3 Å². The molecule has 2 aromatic rings. The fourth-order valence-corrected chi connectivity index (χ4v) is 1.97. The lowest BCUT2D eigenvalue weighted by Gasteiger charge is -1.98. The summed E-state index contributed by atoms with van der Waals surface area (Å²) in [6, 6.07) is 0. The first kappa shape index (κ1) is 10.1. The molecule has 0 amide bonds. The first-order valence-electron chi connectivity index (χ1n) is 4.55. The Kier molecular flexibility index (Phi) is 2.70. The van der Waals surface area contributed by atoms with Gasteiger partial charge in [-0.3, -0.25) is 4.68 Å². The van der Waals surface area contributed by atoms with Crippen LogP contribution in [0.1, 0.15) is 23.7 Å². The summed E-state index contributed by atoms with van der Waals surface area (Å²) in [5.41, 5.74) is 7.07. The van der Waals surface area contributed by atoms with Crippen LogP contribution in [0.3, 0.4) is 0 Å². The molecule has 3 N–H and O–H groups in total. The topological polar surface area (TPSA) is 77.0 Å². The first-order valence-corrected chi connectivity index (χ1v) is 5.43. The fourth-order valence-electron chi connectivity index (χ4n) is 1.22. The Morgan fingerprint density at radius 1 is 1.67 bits per heavy atom. The number of anilines is 1. The van der Waals surface area contributed by atoms with Gasteiger partial charge in [0.25, 0.3) is 0 Å². The van der Waals surface area contributed by atoms with Gasteiger partial charge in [0.05, 0.1) is 24.1 Å². The summed E-state index contributed by atoms with van der Waals surface area (Å²) < 4.78 is 1.72. The van der Waals surface area contributed by atoms with Crippen LogP contribution in [-0.4, -0.2) is 19.9 Å². The second-order valence-electron chi connectivity index (χ2n) is 3.32. The average Bonchev–Trinajstić information content (AvgIpc) is 2.76. The van der Waals surface area contributed by atoms with Crippen molar-refractivity contribution in [2.24, 2.45) is 0 Å². The molecule has 2 aromatic heterocycles. The zero-order valence-corrected chi connectivity index (χ0v) is 9.11. The largest absolute Gasteiger partial charge is 0.396 e. The van der Waals surface area contributed by atoms with Crippen LogP contribution in [0.2, 0.25) is 0 Å². The molecule has 0 aliphatic heterocycles. The Hall–Kier alpha value is -1.40. The van der Waals surface area contributed by atoms with Crippen molar-refractivity contribution in [3.63, 3.8) is 0 Å². The van der Waals surface area contributed by atoms with Crippen molar-refractivity contribution in [2.45, 2.75) is 19.6 Å². The van der Waals surface area contributed by atoms with Gasteiger partial charge in [0.1, 0.15) is 11.1 Å². The van der Waals surface area contributed by atoms with E-state index in [0.29, 0.717) is 12.2 Å². The number of nitrogens with two attached hydrogens (primary N) is 1. The van der Waals surface area contributed by atoms with E-state index < -0.39 is 6.10 Å². The predicted molar refractivity (Wildman–Crippen MR) is 58.5 cm³/mol. The van der Waals surface area contributed by atoms with Gasteiger partial charge >= 0.3 is 0 Å². The molecule has 5 nitrogen and oxygen atoms in total. The number of rotatable bonds is 3. The third kappa shape index (κ3) is 2.34. The molecule has 0 saturated carbocycles. The van der Waals surface area contributed by atoms with Crippen molar-refractivity contribution < 1.29 is 5.11 Å². The van der Waals surface area contributed by atoms with Crippen LogP contribution in [-0.2, 0) is 6.54 Å². The molecule has 1 unspecified atom stereocenters. The molecule has 1 atom stereocenters. The molecule has 0 aliphatic rings. The summed E-state index contributed by atoms with van der Waals surface area (Å²) in [6.45, 7) is 2.29. The summed E-state index contributed by atoms with van der Waals surface area (Å²) in [7, 11) is 0. The number of aromatic nitrogens is 3. The third-order valence-electron chi connectivity index (χ3n) is 1.90. The quantitative estimate of drug-likeness (QED) is 0.816. The van der Waals surface area contributed by atoms with Gasteiger partial charge in [0, 0.05) is 11.6 Å². The van der Waals surface area contributed by atoms with Gasteiger partial charge in [-0.05, 0) is 6.92 Å². The Balaban J connectivity index is 2.11. The number of aliphatic hydroxyl groups is 1. The van der Waals surface area contributed by atoms with Gasteiger partial charge in [0.15, 0.2) is 0 Å². The lowest BCUT2D eigenvalue weighted by molar-refractivity contribution is 0.198. The Morgan fingerprint density at radius 2 is 2.47 bits per heavy atom. The maximum Gasteiger partial charge on any atom is 0.121 e. The van der Waals surface area contributed by atoms with Gasteiger partial charge < -0.3 is 10.8 Å². The van der Waals surface area contributed by atoms with Crippen molar-refractivity contribution in [2.75, 3.05) is 5.73 Å². The molecule has 6 heteroatoms. The molecule has 0 aliphatic carbocycles. The molecule has 0 bridgehead atoms. The van der Waals surface area contributed by atoms with Gasteiger partial charge in [-0.25, -0.2) is 4.98 Å². The van der Waals surface area contributed by atoms with Crippen LogP contribution in [0, 0.1) is 0 Å². The highest BCUT2D eigenvalue weighted by molar-refractivity contribution is 7.09. The van der Waals surface area contributed by atoms with Gasteiger partial charge in [-0.2, -0.15) is 5.10 Å². The molecule has 2 heterocycles. The summed E-state index contributed by atoms with van der Waals surface area (Å²) in [4.78, 5) is 4.28. The molecule has 0 fully saturated rings. The number of nitrogens with zero attached hydrogens (tertiary/aromatic N) is 3. The molecule has 2 rings (SSSR count). The molecule has 0 saturated heterocycles. The molecule has 0 radical (unpaired) electrons. The van der Waals surface area contributed by atoms with Crippen molar-refractivity contribution in [3.05, 3.63) is 28.5 Å². The number of hydrogen-bond donors (Lipinski definition) is 2. The number of aliphatic hydroxyl groups excluding tert-OH is 1. The molecular formula is C9H12N4OS. The number of hydrogen-bond acceptors (Lipinski definition) is 5. The SMILES string of the molecule is CC(O)c1nc(Cn2cc(N)cn2)cs1. The summed E-state index contributed by atoms with van der Waals surface area (Å²) >= 11 is 1.45. The summed E-state index contributed by atoms with van der Waals surface area (Å²) in [6.07, 6.45) is 2.84. The maximum absolute atomic E-state index is 9.31. The van der Waals surface area contributed by atoms with E-state index in [0.717, 1.165) is 10.7 Å². The van der Waals surface area contributed by atoms with E-state index in [4.69, 9.17) is 5.73 Å². The Morgan fingerprint density at radius 3 is 3.00 bits per heavy atom. The van der Waals surface area contributed by atoms with Crippen LogP contribution in [0.4, 0.5) is 5.69 Å². The normalized spacial score (nSPS) is 12.9.